The third kappa shape index (κ3) is 4.95. The Kier molecular flexibility index (Phi) is 6.64. The molecule has 0 bridgehead atoms. The molecule has 2 rings (SSSR count). The average molecular weight is 311 g/mol. The van der Waals surface area contributed by atoms with Crippen molar-refractivity contribution < 1.29 is 14.3 Å². The molecule has 0 spiro atoms. The molecule has 0 aromatic rings. The Morgan fingerprint density at radius 2 is 1.82 bits per heavy atom. The normalized spacial score (nSPS) is 21.8. The molecule has 0 saturated carbocycles. The van der Waals surface area contributed by atoms with Gasteiger partial charge in [-0.25, -0.2) is 0 Å². The molecule has 0 aromatic heterocycles. The standard InChI is InChI=1S/C16H29N3O3/c1-13(12-22-2)17-16(21)14-5-9-18(10-6-14)11-15(20)19-7-3-4-8-19/h13-14H,3-12H2,1-2H3,(H,17,21). The fourth-order valence-corrected chi connectivity index (χ4v) is 3.26. The van der Waals surface area contributed by atoms with Crippen LogP contribution in [0.3, 0.4) is 0 Å². The molecule has 126 valence electrons. The predicted molar refractivity (Wildman–Crippen MR) is 84.5 cm³/mol. The van der Waals surface area contributed by atoms with Crippen molar-refractivity contribution in [3.63, 3.8) is 0 Å². The summed E-state index contributed by atoms with van der Waals surface area (Å²) >= 11 is 0. The van der Waals surface area contributed by atoms with Crippen molar-refractivity contribution in [2.24, 2.45) is 5.92 Å². The van der Waals surface area contributed by atoms with E-state index in [2.05, 4.69) is 10.2 Å². The number of likely N-dealkylation sites (tertiary alicyclic amines) is 2. The SMILES string of the molecule is COCC(C)NC(=O)C1CCN(CC(=O)N2CCCC2)CC1. The van der Waals surface area contributed by atoms with Gasteiger partial charge < -0.3 is 15.0 Å². The van der Waals surface area contributed by atoms with Crippen LogP contribution in [0.1, 0.15) is 32.6 Å². The highest BCUT2D eigenvalue weighted by Gasteiger charge is 2.28. The topological polar surface area (TPSA) is 61.9 Å². The van der Waals surface area contributed by atoms with E-state index in [1.807, 2.05) is 11.8 Å². The van der Waals surface area contributed by atoms with E-state index in [0.29, 0.717) is 13.2 Å². The minimum absolute atomic E-state index is 0.0484. The van der Waals surface area contributed by atoms with Crippen LogP contribution in [0.25, 0.3) is 0 Å². The molecule has 2 fully saturated rings. The molecule has 1 atom stereocenters. The lowest BCUT2D eigenvalue weighted by Gasteiger charge is -2.32. The summed E-state index contributed by atoms with van der Waals surface area (Å²) in [6, 6.07) is 0.0484. The quantitative estimate of drug-likeness (QED) is 0.775. The van der Waals surface area contributed by atoms with Crippen molar-refractivity contribution in [1.82, 2.24) is 15.1 Å². The second kappa shape index (κ2) is 8.48. The molecule has 2 aliphatic heterocycles. The van der Waals surface area contributed by atoms with Gasteiger partial charge in [-0.3, -0.25) is 14.5 Å². The molecule has 1 unspecified atom stereocenters. The molecule has 1 N–H and O–H groups in total. The molecule has 6 nitrogen and oxygen atoms in total. The molecule has 2 heterocycles. The molecule has 2 aliphatic rings. The molecule has 2 amide bonds. The highest BCUT2D eigenvalue weighted by atomic mass is 16.5. The van der Waals surface area contributed by atoms with Gasteiger partial charge in [0.25, 0.3) is 0 Å². The van der Waals surface area contributed by atoms with E-state index in [1.165, 1.54) is 0 Å². The Balaban J connectivity index is 1.68. The van der Waals surface area contributed by atoms with Crippen LogP contribution in [0.15, 0.2) is 0 Å². The maximum atomic E-state index is 12.2. The van der Waals surface area contributed by atoms with Gasteiger partial charge in [0.2, 0.25) is 11.8 Å². The zero-order valence-corrected chi connectivity index (χ0v) is 13.8. The van der Waals surface area contributed by atoms with Gasteiger partial charge in [-0.05, 0) is 45.7 Å². The van der Waals surface area contributed by atoms with Crippen LogP contribution < -0.4 is 5.32 Å². The third-order valence-corrected chi connectivity index (χ3v) is 4.58. The van der Waals surface area contributed by atoms with E-state index in [4.69, 9.17) is 4.74 Å². The number of hydrogen-bond donors (Lipinski definition) is 1. The smallest absolute Gasteiger partial charge is 0.236 e. The molecule has 2 saturated heterocycles. The number of ether oxygens (including phenoxy) is 1. The van der Waals surface area contributed by atoms with Gasteiger partial charge in [0.15, 0.2) is 0 Å². The van der Waals surface area contributed by atoms with Crippen molar-refractivity contribution in [3.8, 4) is 0 Å². The first-order valence-electron chi connectivity index (χ1n) is 8.39. The number of methoxy groups -OCH3 is 1. The van der Waals surface area contributed by atoms with Crippen molar-refractivity contribution in [2.45, 2.75) is 38.6 Å². The lowest BCUT2D eigenvalue weighted by atomic mass is 9.95. The second-order valence-electron chi connectivity index (χ2n) is 6.50. The summed E-state index contributed by atoms with van der Waals surface area (Å²) in [5, 5.41) is 2.99. The maximum Gasteiger partial charge on any atom is 0.236 e. The lowest BCUT2D eigenvalue weighted by Crippen LogP contribution is -2.46. The van der Waals surface area contributed by atoms with Gasteiger partial charge in [0.05, 0.1) is 13.2 Å². The lowest BCUT2D eigenvalue weighted by molar-refractivity contribution is -0.132. The van der Waals surface area contributed by atoms with E-state index < -0.39 is 0 Å². The monoisotopic (exact) mass is 311 g/mol. The van der Waals surface area contributed by atoms with Crippen LogP contribution in [0.2, 0.25) is 0 Å². The summed E-state index contributed by atoms with van der Waals surface area (Å²) in [5.41, 5.74) is 0. The van der Waals surface area contributed by atoms with Crippen LogP contribution in [-0.2, 0) is 14.3 Å². The van der Waals surface area contributed by atoms with Gasteiger partial charge in [-0.15, -0.1) is 0 Å². The second-order valence-corrected chi connectivity index (χ2v) is 6.50. The van der Waals surface area contributed by atoms with Gasteiger partial charge in [0.1, 0.15) is 0 Å². The van der Waals surface area contributed by atoms with E-state index in [9.17, 15) is 9.59 Å². The Bertz CT molecular complexity index is 375. The van der Waals surface area contributed by atoms with Crippen LogP contribution in [-0.4, -0.2) is 74.1 Å². The Morgan fingerprint density at radius 1 is 1.18 bits per heavy atom. The van der Waals surface area contributed by atoms with Gasteiger partial charge >= 0.3 is 0 Å². The molecule has 22 heavy (non-hydrogen) atoms. The number of nitrogens with one attached hydrogen (secondary N) is 1. The summed E-state index contributed by atoms with van der Waals surface area (Å²) in [5.74, 6) is 0.432. The first-order chi connectivity index (χ1) is 10.6. The number of rotatable bonds is 6. The van der Waals surface area contributed by atoms with E-state index in [0.717, 1.165) is 51.9 Å². The summed E-state index contributed by atoms with van der Waals surface area (Å²) in [6.07, 6.45) is 3.93. The predicted octanol–water partition coefficient (Wildman–Crippen LogP) is 0.472. The van der Waals surface area contributed by atoms with Gasteiger partial charge in [-0.2, -0.15) is 0 Å². The molecule has 6 heteroatoms. The van der Waals surface area contributed by atoms with Crippen molar-refractivity contribution in [1.29, 1.82) is 0 Å². The van der Waals surface area contributed by atoms with Crippen molar-refractivity contribution in [2.75, 3.05) is 46.4 Å². The number of nitrogens with zero attached hydrogens (tertiary/aromatic N) is 2. The maximum absolute atomic E-state index is 12.2. The van der Waals surface area contributed by atoms with Crippen molar-refractivity contribution >= 4 is 11.8 Å². The minimum Gasteiger partial charge on any atom is -0.383 e. The summed E-state index contributed by atoms with van der Waals surface area (Å²) < 4.78 is 5.04. The van der Waals surface area contributed by atoms with E-state index >= 15 is 0 Å². The zero-order chi connectivity index (χ0) is 15.9. The fraction of sp³-hybridized carbons (Fsp3) is 0.875. The van der Waals surface area contributed by atoms with Crippen LogP contribution in [0, 0.1) is 5.92 Å². The highest BCUT2D eigenvalue weighted by molar-refractivity contribution is 5.79. The van der Waals surface area contributed by atoms with Gasteiger partial charge in [0, 0.05) is 32.2 Å². The summed E-state index contributed by atoms with van der Waals surface area (Å²) in [7, 11) is 1.64. The average Bonchev–Trinajstić information content (AvgIpc) is 3.02. The fourth-order valence-electron chi connectivity index (χ4n) is 3.26. The number of carbonyl (C=O) groups excluding carboxylic acids is 2. The van der Waals surface area contributed by atoms with Crippen LogP contribution in [0.4, 0.5) is 0 Å². The Labute approximate surface area is 133 Å². The summed E-state index contributed by atoms with van der Waals surface area (Å²) in [4.78, 5) is 28.4. The van der Waals surface area contributed by atoms with Gasteiger partial charge in [-0.1, -0.05) is 0 Å². The number of hydrogen-bond acceptors (Lipinski definition) is 4. The number of amides is 2. The minimum atomic E-state index is 0.0484. The van der Waals surface area contributed by atoms with Crippen LogP contribution in [0.5, 0.6) is 0 Å². The van der Waals surface area contributed by atoms with E-state index in [-0.39, 0.29) is 23.8 Å². The highest BCUT2D eigenvalue weighted by Crippen LogP contribution is 2.18. The first-order valence-corrected chi connectivity index (χ1v) is 8.39. The third-order valence-electron chi connectivity index (χ3n) is 4.58. The molecular weight excluding hydrogens is 282 g/mol. The summed E-state index contributed by atoms with van der Waals surface area (Å²) in [6.45, 7) is 6.48. The van der Waals surface area contributed by atoms with E-state index in [1.54, 1.807) is 7.11 Å². The first kappa shape index (κ1) is 17.2. The molecule has 0 aliphatic carbocycles. The number of carbonyl (C=O) groups is 2. The molecular formula is C16H29N3O3. The zero-order valence-electron chi connectivity index (χ0n) is 13.8. The van der Waals surface area contributed by atoms with Crippen molar-refractivity contribution in [3.05, 3.63) is 0 Å². The number of piperidine rings is 1. The largest absolute Gasteiger partial charge is 0.383 e. The molecule has 0 aromatic carbocycles. The van der Waals surface area contributed by atoms with Crippen LogP contribution >= 0.6 is 0 Å². The Hall–Kier alpha value is -1.14. The Morgan fingerprint density at radius 3 is 2.41 bits per heavy atom. The molecule has 0 radical (unpaired) electrons.